The first kappa shape index (κ1) is 19.1. The molecule has 1 N–H and O–H groups in total. The van der Waals surface area contributed by atoms with Crippen LogP contribution in [0.3, 0.4) is 0 Å². The van der Waals surface area contributed by atoms with Gasteiger partial charge in [0.2, 0.25) is 0 Å². The molecule has 1 aliphatic rings. The summed E-state index contributed by atoms with van der Waals surface area (Å²) in [5.74, 6) is 1.13. The Labute approximate surface area is 134 Å². The molecule has 0 aromatic rings. The molecule has 5 nitrogen and oxygen atoms in total. The van der Waals surface area contributed by atoms with E-state index in [0.717, 1.165) is 18.1 Å². The fraction of sp³-hybridized carbons (Fsp3) is 0.929. The molecule has 0 unspecified atom stereocenters. The van der Waals surface area contributed by atoms with E-state index in [9.17, 15) is 4.79 Å². The van der Waals surface area contributed by atoms with Crippen LogP contribution in [0, 0.1) is 0 Å². The van der Waals surface area contributed by atoms with Gasteiger partial charge in [-0.15, -0.1) is 0 Å². The largest absolute Gasteiger partial charge is 0.463 e. The summed E-state index contributed by atoms with van der Waals surface area (Å²) in [6, 6.07) is 0. The molecule has 0 radical (unpaired) electrons. The normalized spacial score (nSPS) is 18.0. The Hall–Kier alpha value is 0.0500. The van der Waals surface area contributed by atoms with Crippen LogP contribution < -0.4 is 0 Å². The highest BCUT2D eigenvalue weighted by Gasteiger charge is 2.15. The lowest BCUT2D eigenvalue weighted by atomic mass is 10.1. The van der Waals surface area contributed by atoms with Crippen LogP contribution in [0.1, 0.15) is 32.1 Å². The number of hydrogen-bond acceptors (Lipinski definition) is 7. The van der Waals surface area contributed by atoms with Crippen molar-refractivity contribution >= 4 is 27.6 Å². The number of unbranched alkanes of at least 4 members (excludes halogenated alkanes) is 1. The molecule has 1 rings (SSSR count). The number of carbonyl (C=O) groups excluding carboxylic acids is 1. The lowest BCUT2D eigenvalue weighted by Crippen LogP contribution is -2.13. The molecular weight excluding hydrogens is 312 g/mol. The fourth-order valence-corrected chi connectivity index (χ4v) is 4.91. The average Bonchev–Trinajstić information content (AvgIpc) is 3.00. The molecule has 0 saturated carbocycles. The maximum absolute atomic E-state index is 11.5. The Morgan fingerprint density at radius 3 is 2.57 bits per heavy atom. The molecule has 1 aliphatic heterocycles. The predicted molar refractivity (Wildman–Crippen MR) is 86.6 cm³/mol. The van der Waals surface area contributed by atoms with Gasteiger partial charge in [-0.05, 0) is 19.3 Å². The second-order valence-electron chi connectivity index (χ2n) is 4.74. The third kappa shape index (κ3) is 11.3. The lowest BCUT2D eigenvalue weighted by molar-refractivity contribution is -0.145. The smallest absolute Gasteiger partial charge is 0.305 e. The first-order valence-electron chi connectivity index (χ1n) is 7.53. The third-order valence-electron chi connectivity index (χ3n) is 2.98. The molecule has 1 heterocycles. The quantitative estimate of drug-likeness (QED) is 0.314. The first-order valence-corrected chi connectivity index (χ1v) is 9.91. The van der Waals surface area contributed by atoms with Crippen molar-refractivity contribution in [2.45, 2.75) is 37.4 Å². The van der Waals surface area contributed by atoms with Crippen molar-refractivity contribution in [1.29, 1.82) is 0 Å². The maximum Gasteiger partial charge on any atom is 0.305 e. The third-order valence-corrected chi connectivity index (χ3v) is 5.99. The number of esters is 1. The van der Waals surface area contributed by atoms with Crippen molar-refractivity contribution in [2.24, 2.45) is 0 Å². The van der Waals surface area contributed by atoms with E-state index >= 15 is 0 Å². The predicted octanol–water partition coefficient (Wildman–Crippen LogP) is 2.27. The number of rotatable bonds is 13. The van der Waals surface area contributed by atoms with Crippen molar-refractivity contribution in [3.05, 3.63) is 0 Å². The van der Waals surface area contributed by atoms with Gasteiger partial charge in [-0.25, -0.2) is 0 Å². The monoisotopic (exact) mass is 338 g/mol. The Morgan fingerprint density at radius 1 is 1.10 bits per heavy atom. The molecule has 0 aromatic heterocycles. The summed E-state index contributed by atoms with van der Waals surface area (Å²) in [6.07, 6.45) is 5.04. The van der Waals surface area contributed by atoms with Crippen molar-refractivity contribution in [1.82, 2.24) is 0 Å². The van der Waals surface area contributed by atoms with Gasteiger partial charge in [0, 0.05) is 17.4 Å². The van der Waals surface area contributed by atoms with Crippen LogP contribution in [0.5, 0.6) is 0 Å². The molecule has 124 valence electrons. The maximum atomic E-state index is 11.5. The molecule has 0 aromatic carbocycles. The van der Waals surface area contributed by atoms with E-state index < -0.39 is 0 Å². The minimum Gasteiger partial charge on any atom is -0.463 e. The van der Waals surface area contributed by atoms with Gasteiger partial charge in [0.25, 0.3) is 0 Å². The molecule has 0 bridgehead atoms. The molecule has 0 spiro atoms. The zero-order valence-corrected chi connectivity index (χ0v) is 14.1. The zero-order valence-electron chi connectivity index (χ0n) is 12.5. The van der Waals surface area contributed by atoms with Gasteiger partial charge in [-0.3, -0.25) is 4.79 Å². The SMILES string of the molecule is O=C(CCCC[C@@H]1CCSS1)OCCOCCOCCO. The van der Waals surface area contributed by atoms with Gasteiger partial charge in [0.15, 0.2) is 0 Å². The second-order valence-corrected chi connectivity index (χ2v) is 7.53. The highest BCUT2D eigenvalue weighted by Crippen LogP contribution is 2.39. The summed E-state index contributed by atoms with van der Waals surface area (Å²) in [6.45, 7) is 1.95. The molecule has 1 saturated heterocycles. The summed E-state index contributed by atoms with van der Waals surface area (Å²) in [7, 11) is 3.95. The van der Waals surface area contributed by atoms with Gasteiger partial charge >= 0.3 is 5.97 Å². The number of aliphatic hydroxyl groups is 1. The Bertz CT molecular complexity index is 260. The van der Waals surface area contributed by atoms with Gasteiger partial charge in [0.1, 0.15) is 6.61 Å². The van der Waals surface area contributed by atoms with Crippen LogP contribution in [0.25, 0.3) is 0 Å². The van der Waals surface area contributed by atoms with Gasteiger partial charge < -0.3 is 19.3 Å². The molecular formula is C14H26O5S2. The topological polar surface area (TPSA) is 65.0 Å². The van der Waals surface area contributed by atoms with E-state index in [1.165, 1.54) is 18.6 Å². The number of carbonyl (C=O) groups is 1. The minimum absolute atomic E-state index is 0.0237. The average molecular weight is 338 g/mol. The molecule has 21 heavy (non-hydrogen) atoms. The van der Waals surface area contributed by atoms with E-state index in [0.29, 0.717) is 39.5 Å². The van der Waals surface area contributed by atoms with E-state index in [1.54, 1.807) is 0 Å². The first-order chi connectivity index (χ1) is 10.3. The fourth-order valence-electron chi connectivity index (χ4n) is 1.88. The summed E-state index contributed by atoms with van der Waals surface area (Å²) >= 11 is 0. The van der Waals surface area contributed by atoms with E-state index in [2.05, 4.69) is 0 Å². The van der Waals surface area contributed by atoms with Crippen molar-refractivity contribution in [3.63, 3.8) is 0 Å². The molecule has 7 heteroatoms. The molecule has 1 fully saturated rings. The number of aliphatic hydroxyl groups excluding tert-OH is 1. The van der Waals surface area contributed by atoms with Crippen LogP contribution in [-0.2, 0) is 19.0 Å². The Balaban J connectivity index is 1.78. The zero-order chi connectivity index (χ0) is 15.2. The number of hydrogen-bond donors (Lipinski definition) is 1. The standard InChI is InChI=1S/C14H26O5S2/c15-6-7-17-8-9-18-10-11-19-14(16)4-2-1-3-13-5-12-20-21-13/h13,15H,1-12H2/t13-/m1/s1. The van der Waals surface area contributed by atoms with Crippen molar-refractivity contribution in [3.8, 4) is 0 Å². The van der Waals surface area contributed by atoms with Crippen molar-refractivity contribution < 1.29 is 24.1 Å². The van der Waals surface area contributed by atoms with E-state index in [-0.39, 0.29) is 12.6 Å². The number of ether oxygens (including phenoxy) is 3. The summed E-state index contributed by atoms with van der Waals surface area (Å²) < 4.78 is 15.4. The van der Waals surface area contributed by atoms with Crippen LogP contribution >= 0.6 is 21.6 Å². The van der Waals surface area contributed by atoms with E-state index in [1.807, 2.05) is 21.6 Å². The lowest BCUT2D eigenvalue weighted by Gasteiger charge is -2.08. The highest BCUT2D eigenvalue weighted by molar-refractivity contribution is 8.77. The molecule has 0 amide bonds. The summed E-state index contributed by atoms with van der Waals surface area (Å²) in [5.41, 5.74) is 0. The van der Waals surface area contributed by atoms with Gasteiger partial charge in [-0.1, -0.05) is 28.0 Å². The van der Waals surface area contributed by atoms with E-state index in [4.69, 9.17) is 19.3 Å². The van der Waals surface area contributed by atoms with Crippen LogP contribution in [-0.4, -0.2) is 61.7 Å². The Morgan fingerprint density at radius 2 is 1.86 bits per heavy atom. The Kier molecular flexibility index (Phi) is 12.5. The highest BCUT2D eigenvalue weighted by atomic mass is 33.1. The van der Waals surface area contributed by atoms with Crippen molar-refractivity contribution in [2.75, 3.05) is 45.4 Å². The van der Waals surface area contributed by atoms with Crippen LogP contribution in [0.4, 0.5) is 0 Å². The van der Waals surface area contributed by atoms with Gasteiger partial charge in [-0.2, -0.15) is 0 Å². The molecule has 0 aliphatic carbocycles. The summed E-state index contributed by atoms with van der Waals surface area (Å²) in [5, 5.41) is 9.28. The van der Waals surface area contributed by atoms with Crippen LogP contribution in [0.15, 0.2) is 0 Å². The van der Waals surface area contributed by atoms with Crippen LogP contribution in [0.2, 0.25) is 0 Å². The summed E-state index contributed by atoms with van der Waals surface area (Å²) in [4.78, 5) is 11.5. The van der Waals surface area contributed by atoms with Gasteiger partial charge in [0.05, 0.1) is 33.0 Å². The minimum atomic E-state index is -0.136. The second kappa shape index (κ2) is 13.7. The molecule has 1 atom stereocenters.